The van der Waals surface area contributed by atoms with E-state index < -0.39 is 5.91 Å². The van der Waals surface area contributed by atoms with Gasteiger partial charge in [-0.25, -0.2) is 0 Å². The number of hydrogen-bond acceptors (Lipinski definition) is 7. The van der Waals surface area contributed by atoms with Crippen LogP contribution in [0, 0.1) is 6.92 Å². The monoisotopic (exact) mass is 276 g/mol. The highest BCUT2D eigenvalue weighted by molar-refractivity contribution is 5.90. The van der Waals surface area contributed by atoms with Crippen LogP contribution in [0.1, 0.15) is 21.9 Å². The molecule has 0 saturated carbocycles. The van der Waals surface area contributed by atoms with Crippen molar-refractivity contribution < 1.29 is 4.79 Å². The summed E-state index contributed by atoms with van der Waals surface area (Å²) >= 11 is 0. The molecule has 0 bridgehead atoms. The van der Waals surface area contributed by atoms with Crippen LogP contribution in [-0.4, -0.2) is 45.2 Å². The second kappa shape index (κ2) is 5.51. The molecule has 1 amide bonds. The number of aromatic amines is 1. The van der Waals surface area contributed by atoms with Crippen LogP contribution >= 0.6 is 0 Å². The molecule has 0 unspecified atom stereocenters. The first kappa shape index (κ1) is 13.7. The van der Waals surface area contributed by atoms with Crippen LogP contribution in [0.5, 0.6) is 0 Å². The molecule has 0 saturated heterocycles. The van der Waals surface area contributed by atoms with Gasteiger partial charge in [0.1, 0.15) is 0 Å². The van der Waals surface area contributed by atoms with Crippen LogP contribution in [0.4, 0.5) is 11.9 Å². The van der Waals surface area contributed by atoms with Crippen LogP contribution in [-0.2, 0) is 6.54 Å². The normalized spacial score (nSPS) is 10.3. The Bertz CT molecular complexity index is 621. The molecule has 106 valence electrons. The van der Waals surface area contributed by atoms with Crippen LogP contribution in [0.15, 0.2) is 6.20 Å². The lowest BCUT2D eigenvalue weighted by Gasteiger charge is -2.11. The third kappa shape index (κ3) is 2.99. The molecule has 0 aliphatic rings. The third-order valence-corrected chi connectivity index (χ3v) is 2.62. The Morgan fingerprint density at radius 1 is 1.40 bits per heavy atom. The molecule has 0 radical (unpaired) electrons. The number of H-pyrrole nitrogens is 1. The first-order valence-electron chi connectivity index (χ1n) is 5.93. The first-order valence-corrected chi connectivity index (χ1v) is 5.93. The number of nitrogens with zero attached hydrogens (tertiary/aromatic N) is 5. The molecule has 9 nitrogen and oxygen atoms in total. The number of nitrogens with one attached hydrogen (secondary N) is 2. The number of carbonyl (C=O) groups excluding carboxylic acids is 1. The van der Waals surface area contributed by atoms with Gasteiger partial charge in [-0.15, -0.1) is 0 Å². The van der Waals surface area contributed by atoms with Crippen molar-refractivity contribution in [1.29, 1.82) is 0 Å². The van der Waals surface area contributed by atoms with E-state index in [2.05, 4.69) is 30.5 Å². The largest absolute Gasteiger partial charge is 0.368 e. The zero-order chi connectivity index (χ0) is 14.7. The van der Waals surface area contributed by atoms with Gasteiger partial charge in [-0.05, 0) is 6.92 Å². The molecule has 0 fully saturated rings. The number of rotatable bonds is 4. The molecule has 2 aromatic heterocycles. The standard InChI is InChI=1S/C11H16N8O/c1-6-7(5-14-18-6)4-13-9(20)8-15-10(12)17-11(16-8)19(2)3/h5H,4H2,1-3H3,(H,13,20)(H,14,18)(H2,12,15,16,17). The Balaban J connectivity index is 2.11. The van der Waals surface area contributed by atoms with E-state index in [1.807, 2.05) is 6.92 Å². The van der Waals surface area contributed by atoms with Gasteiger partial charge in [-0.2, -0.15) is 20.1 Å². The highest BCUT2D eigenvalue weighted by atomic mass is 16.2. The fourth-order valence-electron chi connectivity index (χ4n) is 1.49. The van der Waals surface area contributed by atoms with Crippen molar-refractivity contribution in [3.63, 3.8) is 0 Å². The maximum Gasteiger partial charge on any atom is 0.289 e. The van der Waals surface area contributed by atoms with Crippen LogP contribution < -0.4 is 16.0 Å². The molecule has 4 N–H and O–H groups in total. The maximum absolute atomic E-state index is 12.0. The van der Waals surface area contributed by atoms with Crippen molar-refractivity contribution in [2.75, 3.05) is 24.7 Å². The Hall–Kier alpha value is -2.71. The summed E-state index contributed by atoms with van der Waals surface area (Å²) in [6, 6.07) is 0. The Labute approximate surface area is 115 Å². The number of aromatic nitrogens is 5. The SMILES string of the molecule is Cc1[nH]ncc1CNC(=O)c1nc(N)nc(N(C)C)n1. The highest BCUT2D eigenvalue weighted by Gasteiger charge is 2.14. The molecule has 0 atom stereocenters. The molecule has 0 spiro atoms. The zero-order valence-corrected chi connectivity index (χ0v) is 11.5. The predicted molar refractivity (Wildman–Crippen MR) is 73.1 cm³/mol. The second-order valence-electron chi connectivity index (χ2n) is 4.41. The molecular weight excluding hydrogens is 260 g/mol. The minimum atomic E-state index is -0.414. The smallest absolute Gasteiger partial charge is 0.289 e. The van der Waals surface area contributed by atoms with Crippen molar-refractivity contribution in [3.05, 3.63) is 23.3 Å². The van der Waals surface area contributed by atoms with Crippen molar-refractivity contribution in [1.82, 2.24) is 30.5 Å². The molecule has 20 heavy (non-hydrogen) atoms. The fourth-order valence-corrected chi connectivity index (χ4v) is 1.49. The van der Waals surface area contributed by atoms with Crippen molar-refractivity contribution in [2.24, 2.45) is 0 Å². The molecule has 2 heterocycles. The van der Waals surface area contributed by atoms with Crippen LogP contribution in [0.25, 0.3) is 0 Å². The van der Waals surface area contributed by atoms with Crippen molar-refractivity contribution in [3.8, 4) is 0 Å². The van der Waals surface area contributed by atoms with Gasteiger partial charge in [0.25, 0.3) is 5.91 Å². The van der Waals surface area contributed by atoms with Gasteiger partial charge < -0.3 is 16.0 Å². The van der Waals surface area contributed by atoms with Gasteiger partial charge in [-0.3, -0.25) is 9.89 Å². The molecule has 9 heteroatoms. The van der Waals surface area contributed by atoms with E-state index in [4.69, 9.17) is 5.73 Å². The number of nitrogens with two attached hydrogens (primary N) is 1. The topological polar surface area (TPSA) is 126 Å². The molecule has 0 aromatic carbocycles. The average molecular weight is 276 g/mol. The van der Waals surface area contributed by atoms with Gasteiger partial charge >= 0.3 is 0 Å². The summed E-state index contributed by atoms with van der Waals surface area (Å²) < 4.78 is 0. The molecule has 2 aromatic rings. The summed E-state index contributed by atoms with van der Waals surface area (Å²) in [6.07, 6.45) is 1.66. The molecule has 0 aliphatic heterocycles. The van der Waals surface area contributed by atoms with E-state index >= 15 is 0 Å². The molecule has 0 aliphatic carbocycles. The van der Waals surface area contributed by atoms with E-state index in [0.717, 1.165) is 11.3 Å². The Morgan fingerprint density at radius 2 is 2.15 bits per heavy atom. The minimum Gasteiger partial charge on any atom is -0.368 e. The van der Waals surface area contributed by atoms with Crippen LogP contribution in [0.3, 0.4) is 0 Å². The minimum absolute atomic E-state index is 0.00772. The summed E-state index contributed by atoms with van der Waals surface area (Å²) in [6.45, 7) is 2.21. The Kier molecular flexibility index (Phi) is 3.78. The zero-order valence-electron chi connectivity index (χ0n) is 11.5. The van der Waals surface area contributed by atoms with Gasteiger partial charge in [-0.1, -0.05) is 0 Å². The van der Waals surface area contributed by atoms with Gasteiger partial charge in [0.2, 0.25) is 17.7 Å². The van der Waals surface area contributed by atoms with E-state index in [1.165, 1.54) is 0 Å². The number of hydrogen-bond donors (Lipinski definition) is 3. The maximum atomic E-state index is 12.0. The lowest BCUT2D eigenvalue weighted by atomic mass is 10.2. The quantitative estimate of drug-likeness (QED) is 0.686. The summed E-state index contributed by atoms with van der Waals surface area (Å²) in [5.74, 6) is -0.0827. The summed E-state index contributed by atoms with van der Waals surface area (Å²) in [5.41, 5.74) is 7.36. The van der Waals surface area contributed by atoms with E-state index in [-0.39, 0.29) is 11.8 Å². The number of nitrogen functional groups attached to an aromatic ring is 1. The highest BCUT2D eigenvalue weighted by Crippen LogP contribution is 2.06. The van der Waals surface area contributed by atoms with Gasteiger partial charge in [0.05, 0.1) is 6.20 Å². The number of anilines is 2. The van der Waals surface area contributed by atoms with E-state index in [0.29, 0.717) is 12.5 Å². The first-order chi connectivity index (χ1) is 9.47. The molecule has 2 rings (SSSR count). The van der Waals surface area contributed by atoms with Crippen molar-refractivity contribution in [2.45, 2.75) is 13.5 Å². The second-order valence-corrected chi connectivity index (χ2v) is 4.41. The number of amides is 1. The van der Waals surface area contributed by atoms with Crippen LogP contribution in [0.2, 0.25) is 0 Å². The number of aryl methyl sites for hydroxylation is 1. The van der Waals surface area contributed by atoms with E-state index in [9.17, 15) is 4.79 Å². The van der Waals surface area contributed by atoms with E-state index in [1.54, 1.807) is 25.2 Å². The lowest BCUT2D eigenvalue weighted by molar-refractivity contribution is 0.0940. The fraction of sp³-hybridized carbons (Fsp3) is 0.364. The Morgan fingerprint density at radius 3 is 2.75 bits per heavy atom. The van der Waals surface area contributed by atoms with Gasteiger partial charge in [0, 0.05) is 31.9 Å². The summed E-state index contributed by atoms with van der Waals surface area (Å²) in [4.78, 5) is 25.5. The average Bonchev–Trinajstić information content (AvgIpc) is 2.80. The molecular formula is C11H16N8O. The third-order valence-electron chi connectivity index (χ3n) is 2.62. The summed E-state index contributed by atoms with van der Waals surface area (Å²) in [5, 5.41) is 9.39. The van der Waals surface area contributed by atoms with Gasteiger partial charge in [0.15, 0.2) is 0 Å². The summed E-state index contributed by atoms with van der Waals surface area (Å²) in [7, 11) is 3.51. The predicted octanol–water partition coefficient (Wildman–Crippen LogP) is -0.519. The lowest BCUT2D eigenvalue weighted by Crippen LogP contribution is -2.27. The van der Waals surface area contributed by atoms with Crippen molar-refractivity contribution >= 4 is 17.8 Å². The number of carbonyl (C=O) groups is 1.